The van der Waals surface area contributed by atoms with Crippen LogP contribution < -0.4 is 10.1 Å². The maximum absolute atomic E-state index is 10.6. The average molecular weight is 226 g/mol. The molecular weight excluding hydrogens is 212 g/mol. The van der Waals surface area contributed by atoms with E-state index in [1.807, 2.05) is 0 Å². The predicted octanol–water partition coefficient (Wildman–Crippen LogP) is 0.685. The molecule has 0 saturated carbocycles. The fourth-order valence-corrected chi connectivity index (χ4v) is 1.30. The second-order valence-corrected chi connectivity index (χ2v) is 3.15. The molecule has 0 radical (unpaired) electrons. The van der Waals surface area contributed by atoms with E-state index in [4.69, 9.17) is 9.84 Å². The zero-order chi connectivity index (χ0) is 12.0. The monoisotopic (exact) mass is 226 g/mol. The molecular formula is C10H14N2O4. The van der Waals surface area contributed by atoms with Gasteiger partial charge in [-0.1, -0.05) is 0 Å². The quantitative estimate of drug-likeness (QED) is 0.550. The molecule has 0 aliphatic rings. The van der Waals surface area contributed by atoms with E-state index in [2.05, 4.69) is 5.32 Å². The number of aliphatic hydroxyl groups is 1. The molecule has 0 spiro atoms. The van der Waals surface area contributed by atoms with Crippen LogP contribution in [0.5, 0.6) is 5.75 Å². The highest BCUT2D eigenvalue weighted by molar-refractivity contribution is 5.43. The zero-order valence-electron chi connectivity index (χ0n) is 8.97. The number of rotatable bonds is 6. The van der Waals surface area contributed by atoms with Gasteiger partial charge in [0.1, 0.15) is 12.4 Å². The average Bonchev–Trinajstić information content (AvgIpc) is 2.27. The van der Waals surface area contributed by atoms with E-state index in [1.165, 1.54) is 12.1 Å². The normalized spacial score (nSPS) is 10.1. The molecule has 0 saturated heterocycles. The topological polar surface area (TPSA) is 84.6 Å². The number of hydrogen-bond donors (Lipinski definition) is 2. The van der Waals surface area contributed by atoms with E-state index in [-0.39, 0.29) is 18.9 Å². The summed E-state index contributed by atoms with van der Waals surface area (Å²) in [5, 5.41) is 22.1. The lowest BCUT2D eigenvalue weighted by atomic mass is 10.2. The van der Waals surface area contributed by atoms with Crippen LogP contribution in [0.4, 0.5) is 5.69 Å². The fourth-order valence-electron chi connectivity index (χ4n) is 1.30. The van der Waals surface area contributed by atoms with Gasteiger partial charge < -0.3 is 15.2 Å². The smallest absolute Gasteiger partial charge is 0.270 e. The van der Waals surface area contributed by atoms with Crippen LogP contribution in [0.3, 0.4) is 0 Å². The third-order valence-corrected chi connectivity index (χ3v) is 1.97. The summed E-state index contributed by atoms with van der Waals surface area (Å²) >= 11 is 0. The van der Waals surface area contributed by atoms with E-state index in [1.54, 1.807) is 13.1 Å². The molecule has 0 heterocycles. The summed E-state index contributed by atoms with van der Waals surface area (Å²) in [5.41, 5.74) is 0.728. The molecule has 6 heteroatoms. The number of nitro benzene ring substituents is 1. The van der Waals surface area contributed by atoms with Gasteiger partial charge in [-0.05, 0) is 13.1 Å². The number of benzene rings is 1. The van der Waals surface area contributed by atoms with Crippen LogP contribution in [0.15, 0.2) is 18.2 Å². The van der Waals surface area contributed by atoms with Crippen molar-refractivity contribution in [2.24, 2.45) is 0 Å². The molecule has 0 unspecified atom stereocenters. The lowest BCUT2D eigenvalue weighted by Crippen LogP contribution is -2.09. The van der Waals surface area contributed by atoms with Crippen molar-refractivity contribution in [2.75, 3.05) is 20.3 Å². The maximum atomic E-state index is 10.6. The molecule has 16 heavy (non-hydrogen) atoms. The van der Waals surface area contributed by atoms with Crippen LogP contribution in [0, 0.1) is 10.1 Å². The summed E-state index contributed by atoms with van der Waals surface area (Å²) in [6.07, 6.45) is 0. The van der Waals surface area contributed by atoms with Crippen molar-refractivity contribution in [3.8, 4) is 5.75 Å². The Balaban J connectivity index is 2.94. The first-order valence-electron chi connectivity index (χ1n) is 4.84. The molecule has 0 aliphatic heterocycles. The van der Waals surface area contributed by atoms with Gasteiger partial charge in [-0.3, -0.25) is 10.1 Å². The number of ether oxygens (including phenoxy) is 1. The summed E-state index contributed by atoms with van der Waals surface area (Å²) in [6.45, 7) is 0.562. The van der Waals surface area contributed by atoms with E-state index >= 15 is 0 Å². The van der Waals surface area contributed by atoms with E-state index < -0.39 is 4.92 Å². The number of nitrogens with one attached hydrogen (secondary N) is 1. The number of nitro groups is 1. The summed E-state index contributed by atoms with van der Waals surface area (Å²) in [5.74, 6) is 0.550. The van der Waals surface area contributed by atoms with Gasteiger partial charge in [0, 0.05) is 24.2 Å². The number of non-ortho nitro benzene ring substituents is 1. The third-order valence-electron chi connectivity index (χ3n) is 1.97. The van der Waals surface area contributed by atoms with E-state index in [0.717, 1.165) is 0 Å². The van der Waals surface area contributed by atoms with Crippen LogP contribution in [-0.4, -0.2) is 30.3 Å². The Kier molecular flexibility index (Phi) is 4.68. The molecule has 1 rings (SSSR count). The zero-order valence-corrected chi connectivity index (χ0v) is 8.97. The molecule has 2 N–H and O–H groups in total. The van der Waals surface area contributed by atoms with Crippen LogP contribution >= 0.6 is 0 Å². The van der Waals surface area contributed by atoms with Crippen molar-refractivity contribution in [3.63, 3.8) is 0 Å². The highest BCUT2D eigenvalue weighted by Gasteiger charge is 2.10. The first kappa shape index (κ1) is 12.4. The molecule has 0 aromatic heterocycles. The molecule has 0 bridgehead atoms. The minimum Gasteiger partial charge on any atom is -0.491 e. The van der Waals surface area contributed by atoms with Crippen molar-refractivity contribution in [3.05, 3.63) is 33.9 Å². The van der Waals surface area contributed by atoms with Gasteiger partial charge in [-0.25, -0.2) is 0 Å². The first-order valence-corrected chi connectivity index (χ1v) is 4.84. The Bertz CT molecular complexity index is 368. The molecule has 0 aliphatic carbocycles. The minimum atomic E-state index is -0.449. The second kappa shape index (κ2) is 6.04. The van der Waals surface area contributed by atoms with Crippen LogP contribution in [0.1, 0.15) is 5.56 Å². The SMILES string of the molecule is CNCc1cc([N+](=O)[O-])ccc1OCCO. The lowest BCUT2D eigenvalue weighted by molar-refractivity contribution is -0.384. The summed E-state index contributed by atoms with van der Waals surface area (Å²) in [7, 11) is 1.74. The van der Waals surface area contributed by atoms with Crippen molar-refractivity contribution >= 4 is 5.69 Å². The van der Waals surface area contributed by atoms with Gasteiger partial charge in [-0.15, -0.1) is 0 Å². The molecule has 0 amide bonds. The van der Waals surface area contributed by atoms with Gasteiger partial charge in [0.2, 0.25) is 0 Å². The Labute approximate surface area is 93.0 Å². The van der Waals surface area contributed by atoms with Crippen LogP contribution in [0.2, 0.25) is 0 Å². The van der Waals surface area contributed by atoms with E-state index in [9.17, 15) is 10.1 Å². The van der Waals surface area contributed by atoms with Gasteiger partial charge in [0.25, 0.3) is 5.69 Å². The molecule has 1 aromatic rings. The van der Waals surface area contributed by atoms with Crippen molar-refractivity contribution in [1.82, 2.24) is 5.32 Å². The molecule has 88 valence electrons. The number of nitrogens with zero attached hydrogens (tertiary/aromatic N) is 1. The largest absolute Gasteiger partial charge is 0.491 e. The minimum absolute atomic E-state index is 0.0293. The highest BCUT2D eigenvalue weighted by Crippen LogP contribution is 2.24. The van der Waals surface area contributed by atoms with Gasteiger partial charge in [0.05, 0.1) is 11.5 Å². The Morgan fingerprint density at radius 3 is 2.88 bits per heavy atom. The van der Waals surface area contributed by atoms with Gasteiger partial charge in [-0.2, -0.15) is 0 Å². The fraction of sp³-hybridized carbons (Fsp3) is 0.400. The van der Waals surface area contributed by atoms with Crippen LogP contribution in [-0.2, 0) is 6.54 Å². The molecule has 6 nitrogen and oxygen atoms in total. The Morgan fingerprint density at radius 1 is 1.56 bits per heavy atom. The standard InChI is InChI=1S/C10H14N2O4/c1-11-7-8-6-9(12(14)15)2-3-10(8)16-5-4-13/h2-3,6,11,13H,4-5,7H2,1H3. The van der Waals surface area contributed by atoms with Gasteiger partial charge in [0.15, 0.2) is 0 Å². The first-order chi connectivity index (χ1) is 7.69. The van der Waals surface area contributed by atoms with E-state index in [0.29, 0.717) is 17.9 Å². The number of aliphatic hydroxyl groups excluding tert-OH is 1. The maximum Gasteiger partial charge on any atom is 0.270 e. The highest BCUT2D eigenvalue weighted by atomic mass is 16.6. The Hall–Kier alpha value is -1.66. The second-order valence-electron chi connectivity index (χ2n) is 3.15. The molecule has 0 atom stereocenters. The molecule has 1 aromatic carbocycles. The van der Waals surface area contributed by atoms with Crippen LogP contribution in [0.25, 0.3) is 0 Å². The lowest BCUT2D eigenvalue weighted by Gasteiger charge is -2.09. The summed E-state index contributed by atoms with van der Waals surface area (Å²) in [6, 6.07) is 4.38. The third kappa shape index (κ3) is 3.18. The summed E-state index contributed by atoms with van der Waals surface area (Å²) in [4.78, 5) is 10.1. The van der Waals surface area contributed by atoms with Crippen molar-refractivity contribution < 1.29 is 14.8 Å². The van der Waals surface area contributed by atoms with Crippen molar-refractivity contribution in [2.45, 2.75) is 6.54 Å². The predicted molar refractivity (Wildman–Crippen MR) is 58.4 cm³/mol. The van der Waals surface area contributed by atoms with Crippen molar-refractivity contribution in [1.29, 1.82) is 0 Å². The molecule has 0 fully saturated rings. The Morgan fingerprint density at radius 2 is 2.31 bits per heavy atom. The van der Waals surface area contributed by atoms with Gasteiger partial charge >= 0.3 is 0 Å². The number of hydrogen-bond acceptors (Lipinski definition) is 5. The summed E-state index contributed by atoms with van der Waals surface area (Å²) < 4.78 is 5.26.